The molecule has 0 atom stereocenters. The molecule has 0 amide bonds. The van der Waals surface area contributed by atoms with Gasteiger partial charge in [-0.2, -0.15) is 0 Å². The van der Waals surface area contributed by atoms with Crippen LogP contribution in [-0.2, 0) is 6.67 Å². The standard InChI is InChI=1S/C11H8BrF/c12-10-6-2-4-8-3-1-5-9(7-13)11(8)10/h1-6H,7H2. The van der Waals surface area contributed by atoms with Crippen molar-refractivity contribution in [2.24, 2.45) is 0 Å². The Hall–Kier alpha value is -0.890. The highest BCUT2D eigenvalue weighted by Crippen LogP contribution is 2.27. The summed E-state index contributed by atoms with van der Waals surface area (Å²) in [6.07, 6.45) is 0. The lowest BCUT2D eigenvalue weighted by Gasteiger charge is -2.04. The van der Waals surface area contributed by atoms with E-state index in [1.807, 2.05) is 36.4 Å². The number of hydrogen-bond acceptors (Lipinski definition) is 0. The molecule has 2 heteroatoms. The van der Waals surface area contributed by atoms with E-state index in [9.17, 15) is 4.39 Å². The second kappa shape index (κ2) is 3.46. The predicted molar refractivity (Wildman–Crippen MR) is 56.5 cm³/mol. The van der Waals surface area contributed by atoms with E-state index in [4.69, 9.17) is 0 Å². The van der Waals surface area contributed by atoms with Gasteiger partial charge < -0.3 is 0 Å². The molecule has 0 aliphatic rings. The third-order valence-electron chi connectivity index (χ3n) is 2.08. The van der Waals surface area contributed by atoms with Crippen molar-refractivity contribution in [3.8, 4) is 0 Å². The molecule has 0 aliphatic heterocycles. The molecule has 0 spiro atoms. The van der Waals surface area contributed by atoms with Crippen molar-refractivity contribution < 1.29 is 4.39 Å². The summed E-state index contributed by atoms with van der Waals surface area (Å²) in [6.45, 7) is -0.417. The molecule has 0 heterocycles. The Morgan fingerprint density at radius 1 is 1.08 bits per heavy atom. The van der Waals surface area contributed by atoms with Crippen LogP contribution in [0.25, 0.3) is 10.8 Å². The van der Waals surface area contributed by atoms with E-state index in [0.717, 1.165) is 20.8 Å². The quantitative estimate of drug-likeness (QED) is 0.703. The third kappa shape index (κ3) is 1.46. The molecule has 0 bridgehead atoms. The summed E-state index contributed by atoms with van der Waals surface area (Å²) in [5.41, 5.74) is 0.741. The van der Waals surface area contributed by atoms with E-state index >= 15 is 0 Å². The van der Waals surface area contributed by atoms with Gasteiger partial charge in [0.1, 0.15) is 6.67 Å². The van der Waals surface area contributed by atoms with Crippen LogP contribution in [0, 0.1) is 0 Å². The minimum atomic E-state index is -0.417. The van der Waals surface area contributed by atoms with Gasteiger partial charge in [0.2, 0.25) is 0 Å². The Kier molecular flexibility index (Phi) is 2.32. The van der Waals surface area contributed by atoms with Crippen LogP contribution in [0.2, 0.25) is 0 Å². The Balaban J connectivity index is 2.87. The lowest BCUT2D eigenvalue weighted by atomic mass is 10.1. The van der Waals surface area contributed by atoms with Gasteiger partial charge in [-0.1, -0.05) is 46.3 Å². The molecule has 2 aromatic rings. The highest BCUT2D eigenvalue weighted by atomic mass is 79.9. The number of hydrogen-bond donors (Lipinski definition) is 0. The second-order valence-corrected chi connectivity index (χ2v) is 3.74. The molecule has 0 saturated carbocycles. The van der Waals surface area contributed by atoms with Gasteiger partial charge >= 0.3 is 0 Å². The van der Waals surface area contributed by atoms with E-state index < -0.39 is 6.67 Å². The Bertz CT molecular complexity index is 432. The molecule has 2 aromatic carbocycles. The topological polar surface area (TPSA) is 0 Å². The lowest BCUT2D eigenvalue weighted by molar-refractivity contribution is 0.488. The van der Waals surface area contributed by atoms with Crippen LogP contribution >= 0.6 is 15.9 Å². The molecule has 0 aliphatic carbocycles. The van der Waals surface area contributed by atoms with Crippen LogP contribution in [-0.4, -0.2) is 0 Å². The third-order valence-corrected chi connectivity index (χ3v) is 2.74. The molecule has 0 unspecified atom stereocenters. The first-order chi connectivity index (χ1) is 6.33. The van der Waals surface area contributed by atoms with Crippen LogP contribution in [0.5, 0.6) is 0 Å². The average Bonchev–Trinajstić information content (AvgIpc) is 2.17. The van der Waals surface area contributed by atoms with Crippen LogP contribution < -0.4 is 0 Å². The number of rotatable bonds is 1. The van der Waals surface area contributed by atoms with Crippen molar-refractivity contribution in [2.45, 2.75) is 6.67 Å². The van der Waals surface area contributed by atoms with Gasteiger partial charge in [0, 0.05) is 9.86 Å². The number of fused-ring (bicyclic) bond motifs is 1. The lowest BCUT2D eigenvalue weighted by Crippen LogP contribution is -1.83. The molecular weight excluding hydrogens is 231 g/mol. The van der Waals surface area contributed by atoms with Crippen LogP contribution in [0.15, 0.2) is 40.9 Å². The van der Waals surface area contributed by atoms with Crippen molar-refractivity contribution in [1.82, 2.24) is 0 Å². The fraction of sp³-hybridized carbons (Fsp3) is 0.0909. The fourth-order valence-corrected chi connectivity index (χ4v) is 2.12. The van der Waals surface area contributed by atoms with Crippen LogP contribution in [0.4, 0.5) is 4.39 Å². The molecule has 0 nitrogen and oxygen atoms in total. The highest BCUT2D eigenvalue weighted by molar-refractivity contribution is 9.10. The maximum Gasteiger partial charge on any atom is 0.115 e. The zero-order valence-electron chi connectivity index (χ0n) is 6.93. The van der Waals surface area contributed by atoms with Gasteiger partial charge in [0.25, 0.3) is 0 Å². The zero-order valence-corrected chi connectivity index (χ0v) is 8.51. The summed E-state index contributed by atoms with van der Waals surface area (Å²) in [7, 11) is 0. The maximum absolute atomic E-state index is 12.6. The molecule has 2 rings (SSSR count). The van der Waals surface area contributed by atoms with E-state index in [2.05, 4.69) is 15.9 Å². The summed E-state index contributed by atoms with van der Waals surface area (Å²) >= 11 is 3.42. The first kappa shape index (κ1) is 8.70. The summed E-state index contributed by atoms with van der Waals surface area (Å²) in [6, 6.07) is 11.5. The molecule has 0 aromatic heterocycles. The first-order valence-corrected chi connectivity index (χ1v) is 4.84. The Morgan fingerprint density at radius 3 is 2.46 bits per heavy atom. The average molecular weight is 239 g/mol. The van der Waals surface area contributed by atoms with E-state index in [1.165, 1.54) is 0 Å². The van der Waals surface area contributed by atoms with Gasteiger partial charge in [-0.3, -0.25) is 0 Å². The van der Waals surface area contributed by atoms with E-state index in [1.54, 1.807) is 0 Å². The summed E-state index contributed by atoms with van der Waals surface area (Å²) < 4.78 is 13.6. The van der Waals surface area contributed by atoms with Gasteiger partial charge in [-0.15, -0.1) is 0 Å². The molecule has 66 valence electrons. The number of halogens is 2. The van der Waals surface area contributed by atoms with Gasteiger partial charge in [-0.05, 0) is 17.0 Å². The van der Waals surface area contributed by atoms with E-state index in [0.29, 0.717) is 0 Å². The number of benzene rings is 2. The van der Waals surface area contributed by atoms with Crippen molar-refractivity contribution >= 4 is 26.7 Å². The first-order valence-electron chi connectivity index (χ1n) is 4.05. The van der Waals surface area contributed by atoms with Gasteiger partial charge in [0.15, 0.2) is 0 Å². The number of alkyl halides is 1. The molecular formula is C11H8BrF. The Labute approximate surface area is 84.5 Å². The molecule has 0 saturated heterocycles. The maximum atomic E-state index is 12.6. The SMILES string of the molecule is FCc1cccc2cccc(Br)c12. The van der Waals surface area contributed by atoms with Crippen molar-refractivity contribution in [3.63, 3.8) is 0 Å². The summed E-state index contributed by atoms with van der Waals surface area (Å²) in [5.74, 6) is 0. The minimum Gasteiger partial charge on any atom is -0.246 e. The largest absolute Gasteiger partial charge is 0.246 e. The molecule has 0 N–H and O–H groups in total. The fourth-order valence-electron chi connectivity index (χ4n) is 1.48. The van der Waals surface area contributed by atoms with Gasteiger partial charge in [-0.25, -0.2) is 4.39 Å². The summed E-state index contributed by atoms with van der Waals surface area (Å²) in [5, 5.41) is 2.05. The molecule has 13 heavy (non-hydrogen) atoms. The van der Waals surface area contributed by atoms with Gasteiger partial charge in [0.05, 0.1) is 0 Å². The molecule has 0 radical (unpaired) electrons. The highest BCUT2D eigenvalue weighted by Gasteiger charge is 2.02. The van der Waals surface area contributed by atoms with Crippen LogP contribution in [0.1, 0.15) is 5.56 Å². The smallest absolute Gasteiger partial charge is 0.115 e. The van der Waals surface area contributed by atoms with Crippen molar-refractivity contribution in [2.75, 3.05) is 0 Å². The second-order valence-electron chi connectivity index (χ2n) is 2.89. The van der Waals surface area contributed by atoms with Crippen molar-refractivity contribution in [3.05, 3.63) is 46.4 Å². The Morgan fingerprint density at radius 2 is 1.77 bits per heavy atom. The minimum absolute atomic E-state index is 0.417. The molecule has 0 fully saturated rings. The predicted octanol–water partition coefficient (Wildman–Crippen LogP) is 4.07. The normalized spacial score (nSPS) is 10.6. The zero-order chi connectivity index (χ0) is 9.26. The summed E-state index contributed by atoms with van der Waals surface area (Å²) in [4.78, 5) is 0. The van der Waals surface area contributed by atoms with Crippen molar-refractivity contribution in [1.29, 1.82) is 0 Å². The van der Waals surface area contributed by atoms with E-state index in [-0.39, 0.29) is 0 Å². The van der Waals surface area contributed by atoms with Crippen LogP contribution in [0.3, 0.4) is 0 Å². The monoisotopic (exact) mass is 238 g/mol.